The summed E-state index contributed by atoms with van der Waals surface area (Å²) in [5.41, 5.74) is 1.61. The average molecular weight is 343 g/mol. The van der Waals surface area contributed by atoms with Crippen LogP contribution in [0.4, 0.5) is 0 Å². The molecule has 2 N–H and O–H groups in total. The number of amides is 2. The third-order valence-electron chi connectivity index (χ3n) is 3.64. The van der Waals surface area contributed by atoms with Crippen LogP contribution in [0.5, 0.6) is 11.5 Å². The topological polar surface area (TPSA) is 89.5 Å². The molecule has 7 heteroatoms. The fraction of sp³-hybridized carbons (Fsp3) is 0.278. The van der Waals surface area contributed by atoms with Crippen LogP contribution in [-0.2, 0) is 16.1 Å². The Kier molecular flexibility index (Phi) is 6.33. The summed E-state index contributed by atoms with van der Waals surface area (Å²) in [7, 11) is 3.09. The van der Waals surface area contributed by atoms with E-state index in [1.807, 2.05) is 6.07 Å². The van der Waals surface area contributed by atoms with Crippen molar-refractivity contribution in [2.45, 2.75) is 19.5 Å². The predicted molar refractivity (Wildman–Crippen MR) is 92.2 cm³/mol. The third-order valence-corrected chi connectivity index (χ3v) is 3.64. The Hall–Kier alpha value is -3.09. The van der Waals surface area contributed by atoms with E-state index in [2.05, 4.69) is 15.6 Å². The molecule has 1 aromatic carbocycles. The third kappa shape index (κ3) is 4.94. The van der Waals surface area contributed by atoms with E-state index >= 15 is 0 Å². The first-order chi connectivity index (χ1) is 12.0. The summed E-state index contributed by atoms with van der Waals surface area (Å²) in [6, 6.07) is 8.53. The van der Waals surface area contributed by atoms with Crippen molar-refractivity contribution in [3.63, 3.8) is 0 Å². The largest absolute Gasteiger partial charge is 0.493 e. The number of methoxy groups -OCH3 is 2. The molecule has 132 valence electrons. The van der Waals surface area contributed by atoms with Gasteiger partial charge in [0.1, 0.15) is 0 Å². The standard InChI is InChI=1S/C18H21N3O4/c1-12(14-6-7-15(24-2)16(9-14)25-3)21-18(23)17(22)20-11-13-5-4-8-19-10-13/h4-10,12H,11H2,1-3H3,(H,20,22)(H,21,23). The summed E-state index contributed by atoms with van der Waals surface area (Å²) >= 11 is 0. The number of nitrogens with zero attached hydrogens (tertiary/aromatic N) is 1. The normalized spacial score (nSPS) is 11.3. The van der Waals surface area contributed by atoms with Crippen molar-refractivity contribution in [2.24, 2.45) is 0 Å². The van der Waals surface area contributed by atoms with Gasteiger partial charge in [-0.05, 0) is 36.2 Å². The van der Waals surface area contributed by atoms with Crippen LogP contribution in [0.3, 0.4) is 0 Å². The molecule has 0 saturated carbocycles. The van der Waals surface area contributed by atoms with Gasteiger partial charge in [-0.2, -0.15) is 0 Å². The van der Waals surface area contributed by atoms with Gasteiger partial charge in [-0.3, -0.25) is 14.6 Å². The van der Waals surface area contributed by atoms with E-state index in [-0.39, 0.29) is 12.6 Å². The highest BCUT2D eigenvalue weighted by atomic mass is 16.5. The molecule has 0 aliphatic heterocycles. The fourth-order valence-electron chi connectivity index (χ4n) is 2.23. The van der Waals surface area contributed by atoms with E-state index in [4.69, 9.17) is 9.47 Å². The van der Waals surface area contributed by atoms with Gasteiger partial charge in [0.2, 0.25) is 0 Å². The van der Waals surface area contributed by atoms with Gasteiger partial charge >= 0.3 is 11.8 Å². The summed E-state index contributed by atoms with van der Waals surface area (Å²) in [4.78, 5) is 27.9. The molecule has 2 aromatic rings. The van der Waals surface area contributed by atoms with Gasteiger partial charge in [0.15, 0.2) is 11.5 Å². The lowest BCUT2D eigenvalue weighted by molar-refractivity contribution is -0.139. The van der Waals surface area contributed by atoms with Crippen LogP contribution in [-0.4, -0.2) is 31.0 Å². The Balaban J connectivity index is 1.93. The van der Waals surface area contributed by atoms with E-state index in [1.165, 1.54) is 7.11 Å². The van der Waals surface area contributed by atoms with Crippen LogP contribution in [0.15, 0.2) is 42.7 Å². The number of benzene rings is 1. The minimum absolute atomic E-state index is 0.241. The maximum atomic E-state index is 12.0. The van der Waals surface area contributed by atoms with E-state index in [0.29, 0.717) is 11.5 Å². The molecule has 0 bridgehead atoms. The lowest BCUT2D eigenvalue weighted by Crippen LogP contribution is -2.40. The van der Waals surface area contributed by atoms with E-state index in [1.54, 1.807) is 50.7 Å². The molecule has 0 saturated heterocycles. The number of carbonyl (C=O) groups is 2. The summed E-state index contributed by atoms with van der Waals surface area (Å²) in [5.74, 6) is -0.247. The van der Waals surface area contributed by atoms with E-state index < -0.39 is 11.8 Å². The van der Waals surface area contributed by atoms with Crippen LogP contribution < -0.4 is 20.1 Å². The number of hydrogen-bond acceptors (Lipinski definition) is 5. The quantitative estimate of drug-likeness (QED) is 0.778. The van der Waals surface area contributed by atoms with Crippen molar-refractivity contribution in [1.29, 1.82) is 0 Å². The SMILES string of the molecule is COc1ccc(C(C)NC(=O)C(=O)NCc2cccnc2)cc1OC. The summed E-state index contributed by atoms with van der Waals surface area (Å²) in [6.07, 6.45) is 3.27. The second-order valence-electron chi connectivity index (χ2n) is 5.35. The van der Waals surface area contributed by atoms with Crippen molar-refractivity contribution < 1.29 is 19.1 Å². The van der Waals surface area contributed by atoms with Gasteiger partial charge < -0.3 is 20.1 Å². The Morgan fingerprint density at radius 3 is 2.52 bits per heavy atom. The monoisotopic (exact) mass is 343 g/mol. The highest BCUT2D eigenvalue weighted by Gasteiger charge is 2.18. The van der Waals surface area contributed by atoms with E-state index in [9.17, 15) is 9.59 Å². The Morgan fingerprint density at radius 1 is 1.12 bits per heavy atom. The number of carbonyl (C=O) groups excluding carboxylic acids is 2. The van der Waals surface area contributed by atoms with Gasteiger partial charge in [-0.1, -0.05) is 12.1 Å². The van der Waals surface area contributed by atoms with Crippen molar-refractivity contribution >= 4 is 11.8 Å². The fourth-order valence-corrected chi connectivity index (χ4v) is 2.23. The molecule has 25 heavy (non-hydrogen) atoms. The maximum absolute atomic E-state index is 12.0. The molecule has 1 heterocycles. The molecular formula is C18H21N3O4. The summed E-state index contributed by atoms with van der Waals surface area (Å²) < 4.78 is 10.4. The van der Waals surface area contributed by atoms with Gasteiger partial charge in [-0.25, -0.2) is 0 Å². The Morgan fingerprint density at radius 2 is 1.88 bits per heavy atom. The molecule has 0 fully saturated rings. The van der Waals surface area contributed by atoms with Crippen molar-refractivity contribution in [3.05, 3.63) is 53.9 Å². The Bertz CT molecular complexity index is 734. The van der Waals surface area contributed by atoms with Gasteiger partial charge in [0, 0.05) is 18.9 Å². The number of rotatable bonds is 6. The van der Waals surface area contributed by atoms with Crippen LogP contribution in [0.25, 0.3) is 0 Å². The first-order valence-corrected chi connectivity index (χ1v) is 7.74. The zero-order valence-corrected chi connectivity index (χ0v) is 14.4. The highest BCUT2D eigenvalue weighted by Crippen LogP contribution is 2.29. The molecule has 0 aliphatic carbocycles. The molecule has 0 radical (unpaired) electrons. The molecule has 7 nitrogen and oxygen atoms in total. The molecule has 1 aromatic heterocycles. The highest BCUT2D eigenvalue weighted by molar-refractivity contribution is 6.35. The van der Waals surface area contributed by atoms with Gasteiger partial charge in [0.05, 0.1) is 20.3 Å². The zero-order valence-electron chi connectivity index (χ0n) is 14.4. The molecular weight excluding hydrogens is 322 g/mol. The smallest absolute Gasteiger partial charge is 0.309 e. The Labute approximate surface area is 146 Å². The number of pyridine rings is 1. The van der Waals surface area contributed by atoms with Crippen molar-refractivity contribution in [3.8, 4) is 11.5 Å². The van der Waals surface area contributed by atoms with Crippen molar-refractivity contribution in [2.75, 3.05) is 14.2 Å². The minimum atomic E-state index is -0.703. The number of hydrogen-bond donors (Lipinski definition) is 2. The van der Waals surface area contributed by atoms with Gasteiger partial charge in [-0.15, -0.1) is 0 Å². The van der Waals surface area contributed by atoms with Gasteiger partial charge in [0.25, 0.3) is 0 Å². The summed E-state index contributed by atoms with van der Waals surface area (Å²) in [5, 5.41) is 5.22. The van der Waals surface area contributed by atoms with Crippen LogP contribution in [0.2, 0.25) is 0 Å². The maximum Gasteiger partial charge on any atom is 0.309 e. The first kappa shape index (κ1) is 18.3. The lowest BCUT2D eigenvalue weighted by Gasteiger charge is -2.16. The number of nitrogens with one attached hydrogen (secondary N) is 2. The second-order valence-corrected chi connectivity index (χ2v) is 5.35. The molecule has 2 rings (SSSR count). The average Bonchev–Trinajstić information content (AvgIpc) is 2.66. The van der Waals surface area contributed by atoms with Crippen LogP contribution >= 0.6 is 0 Å². The molecule has 2 amide bonds. The number of ether oxygens (including phenoxy) is 2. The first-order valence-electron chi connectivity index (χ1n) is 7.74. The van der Waals surface area contributed by atoms with Crippen molar-refractivity contribution in [1.82, 2.24) is 15.6 Å². The van der Waals surface area contributed by atoms with Crippen LogP contribution in [0, 0.1) is 0 Å². The minimum Gasteiger partial charge on any atom is -0.493 e. The second kappa shape index (κ2) is 8.68. The predicted octanol–water partition coefficient (Wildman–Crippen LogP) is 1.59. The molecule has 1 unspecified atom stereocenters. The van der Waals surface area contributed by atoms with E-state index in [0.717, 1.165) is 11.1 Å². The lowest BCUT2D eigenvalue weighted by atomic mass is 10.1. The molecule has 1 atom stereocenters. The molecule has 0 spiro atoms. The number of aromatic nitrogens is 1. The molecule has 0 aliphatic rings. The summed E-state index contributed by atoms with van der Waals surface area (Å²) in [6.45, 7) is 2.03. The van der Waals surface area contributed by atoms with Crippen LogP contribution in [0.1, 0.15) is 24.1 Å². The zero-order chi connectivity index (χ0) is 18.2.